The van der Waals surface area contributed by atoms with Crippen LogP contribution in [0.3, 0.4) is 0 Å². The lowest BCUT2D eigenvalue weighted by atomic mass is 10.1. The predicted octanol–water partition coefficient (Wildman–Crippen LogP) is 3.50. The van der Waals surface area contributed by atoms with Crippen LogP contribution in [-0.2, 0) is 4.74 Å². The largest absolute Gasteiger partial charge is 0.447 e. The van der Waals surface area contributed by atoms with Gasteiger partial charge >= 0.3 is 0 Å². The molecule has 8 nitrogen and oxygen atoms in total. The SMILES string of the molecule is CCC(=O)c1cc2nc(-n3cc(-c4ccccc4)cn3)nc(N3CCOCC3)c2o1. The Morgan fingerprint density at radius 1 is 1.10 bits per heavy atom. The van der Waals surface area contributed by atoms with Gasteiger partial charge in [-0.1, -0.05) is 37.3 Å². The number of furan rings is 1. The van der Waals surface area contributed by atoms with E-state index < -0.39 is 0 Å². The Kier molecular flexibility index (Phi) is 4.76. The van der Waals surface area contributed by atoms with E-state index >= 15 is 0 Å². The minimum absolute atomic E-state index is 0.0621. The fraction of sp³-hybridized carbons (Fsp3) is 0.273. The second kappa shape index (κ2) is 7.72. The highest BCUT2D eigenvalue weighted by atomic mass is 16.5. The number of Topliss-reactive ketones (excluding diaryl/α,β-unsaturated/α-hetero) is 1. The molecule has 0 unspecified atom stereocenters. The zero-order chi connectivity index (χ0) is 20.5. The number of rotatable bonds is 5. The van der Waals surface area contributed by atoms with E-state index in [1.165, 1.54) is 0 Å². The van der Waals surface area contributed by atoms with Gasteiger partial charge < -0.3 is 14.1 Å². The number of carbonyl (C=O) groups excluding carboxylic acids is 1. The summed E-state index contributed by atoms with van der Waals surface area (Å²) in [6, 6.07) is 11.7. The molecule has 5 rings (SSSR count). The Morgan fingerprint density at radius 3 is 2.67 bits per heavy atom. The van der Waals surface area contributed by atoms with E-state index in [-0.39, 0.29) is 5.78 Å². The minimum Gasteiger partial charge on any atom is -0.447 e. The molecular weight excluding hydrogens is 382 g/mol. The van der Waals surface area contributed by atoms with Crippen LogP contribution in [0.2, 0.25) is 0 Å². The van der Waals surface area contributed by atoms with Gasteiger partial charge in [0.25, 0.3) is 5.95 Å². The van der Waals surface area contributed by atoms with E-state index in [1.54, 1.807) is 16.9 Å². The molecule has 1 aliphatic rings. The van der Waals surface area contributed by atoms with Crippen molar-refractivity contribution in [2.75, 3.05) is 31.2 Å². The zero-order valence-corrected chi connectivity index (χ0v) is 16.6. The third kappa shape index (κ3) is 3.35. The van der Waals surface area contributed by atoms with Gasteiger partial charge in [-0.05, 0) is 5.56 Å². The highest BCUT2D eigenvalue weighted by Crippen LogP contribution is 2.29. The summed E-state index contributed by atoms with van der Waals surface area (Å²) in [5, 5.41) is 4.46. The van der Waals surface area contributed by atoms with Gasteiger partial charge in [0.15, 0.2) is 22.9 Å². The monoisotopic (exact) mass is 403 g/mol. The van der Waals surface area contributed by atoms with E-state index in [9.17, 15) is 4.79 Å². The molecule has 0 bridgehead atoms. The molecule has 0 atom stereocenters. The molecule has 0 saturated carbocycles. The second-order valence-corrected chi connectivity index (χ2v) is 7.09. The zero-order valence-electron chi connectivity index (χ0n) is 16.6. The second-order valence-electron chi connectivity index (χ2n) is 7.09. The van der Waals surface area contributed by atoms with Crippen molar-refractivity contribution in [3.05, 3.63) is 54.6 Å². The van der Waals surface area contributed by atoms with Crippen molar-refractivity contribution in [3.63, 3.8) is 0 Å². The van der Waals surface area contributed by atoms with E-state index in [0.717, 1.165) is 11.1 Å². The molecule has 8 heteroatoms. The average Bonchev–Trinajstić information content (AvgIpc) is 3.46. The van der Waals surface area contributed by atoms with E-state index in [0.29, 0.717) is 61.4 Å². The Morgan fingerprint density at radius 2 is 1.90 bits per heavy atom. The van der Waals surface area contributed by atoms with Gasteiger partial charge in [-0.2, -0.15) is 10.1 Å². The van der Waals surface area contributed by atoms with Gasteiger partial charge in [0.05, 0.1) is 19.4 Å². The van der Waals surface area contributed by atoms with Gasteiger partial charge in [0.1, 0.15) is 5.52 Å². The van der Waals surface area contributed by atoms with Crippen molar-refractivity contribution < 1.29 is 13.9 Å². The first-order valence-corrected chi connectivity index (χ1v) is 10.0. The number of morpholine rings is 1. The summed E-state index contributed by atoms with van der Waals surface area (Å²) in [6.45, 7) is 4.42. The lowest BCUT2D eigenvalue weighted by Crippen LogP contribution is -2.37. The topological polar surface area (TPSA) is 86.3 Å². The fourth-order valence-corrected chi connectivity index (χ4v) is 3.52. The maximum atomic E-state index is 12.2. The van der Waals surface area contributed by atoms with Crippen LogP contribution in [0.5, 0.6) is 0 Å². The Balaban J connectivity index is 1.61. The van der Waals surface area contributed by atoms with Crippen LogP contribution in [-0.4, -0.2) is 51.8 Å². The average molecular weight is 403 g/mol. The summed E-state index contributed by atoms with van der Waals surface area (Å²) in [7, 11) is 0. The molecule has 4 heterocycles. The maximum Gasteiger partial charge on any atom is 0.253 e. The fourth-order valence-electron chi connectivity index (χ4n) is 3.52. The number of carbonyl (C=O) groups is 1. The number of nitrogens with zero attached hydrogens (tertiary/aromatic N) is 5. The van der Waals surface area contributed by atoms with Crippen LogP contribution >= 0.6 is 0 Å². The van der Waals surface area contributed by atoms with Gasteiger partial charge in [-0.25, -0.2) is 9.67 Å². The number of benzene rings is 1. The van der Waals surface area contributed by atoms with Crippen molar-refractivity contribution in [1.29, 1.82) is 0 Å². The molecule has 0 aliphatic carbocycles. The number of hydrogen-bond donors (Lipinski definition) is 0. The van der Waals surface area contributed by atoms with Crippen molar-refractivity contribution >= 4 is 22.7 Å². The molecule has 0 spiro atoms. The smallest absolute Gasteiger partial charge is 0.253 e. The van der Waals surface area contributed by atoms with Gasteiger partial charge in [-0.3, -0.25) is 4.79 Å². The quantitative estimate of drug-likeness (QED) is 0.471. The van der Waals surface area contributed by atoms with Crippen molar-refractivity contribution in [2.45, 2.75) is 13.3 Å². The molecule has 4 aromatic rings. The van der Waals surface area contributed by atoms with Gasteiger partial charge in [0.2, 0.25) is 0 Å². The van der Waals surface area contributed by atoms with Crippen molar-refractivity contribution in [1.82, 2.24) is 19.7 Å². The van der Waals surface area contributed by atoms with E-state index in [4.69, 9.17) is 14.1 Å². The highest BCUT2D eigenvalue weighted by Gasteiger charge is 2.23. The highest BCUT2D eigenvalue weighted by molar-refractivity contribution is 5.98. The molecule has 1 aromatic carbocycles. The number of hydrogen-bond acceptors (Lipinski definition) is 7. The van der Waals surface area contributed by atoms with Crippen LogP contribution in [0.4, 0.5) is 5.82 Å². The molecule has 3 aromatic heterocycles. The first-order valence-electron chi connectivity index (χ1n) is 10.0. The van der Waals surface area contributed by atoms with Crippen LogP contribution in [0.25, 0.3) is 28.2 Å². The number of fused-ring (bicyclic) bond motifs is 1. The van der Waals surface area contributed by atoms with Gasteiger partial charge in [0, 0.05) is 37.3 Å². The molecule has 152 valence electrons. The number of aromatic nitrogens is 4. The molecular formula is C22H21N5O3. The Bertz CT molecular complexity index is 1190. The molecule has 0 radical (unpaired) electrons. The number of anilines is 1. The lowest BCUT2D eigenvalue weighted by molar-refractivity contribution is 0.0963. The van der Waals surface area contributed by atoms with E-state index in [1.807, 2.05) is 43.5 Å². The Hall–Kier alpha value is -3.52. The van der Waals surface area contributed by atoms with Crippen LogP contribution in [0.1, 0.15) is 23.9 Å². The molecule has 1 aliphatic heterocycles. The molecule has 1 saturated heterocycles. The van der Waals surface area contributed by atoms with Crippen LogP contribution in [0.15, 0.2) is 53.2 Å². The summed E-state index contributed by atoms with van der Waals surface area (Å²) in [6.07, 6.45) is 4.06. The van der Waals surface area contributed by atoms with Crippen molar-refractivity contribution in [2.24, 2.45) is 0 Å². The lowest BCUT2D eigenvalue weighted by Gasteiger charge is -2.27. The van der Waals surface area contributed by atoms with Crippen LogP contribution in [0, 0.1) is 0 Å². The third-order valence-corrected chi connectivity index (χ3v) is 5.14. The standard InChI is InChI=1S/C22H21N5O3/c1-2-18(28)19-12-17-20(30-19)21(26-8-10-29-11-9-26)25-22(24-17)27-14-16(13-23-27)15-6-4-3-5-7-15/h3-7,12-14H,2,8-11H2,1H3. The van der Waals surface area contributed by atoms with Crippen LogP contribution < -0.4 is 4.90 Å². The first kappa shape index (κ1) is 18.5. The maximum absolute atomic E-state index is 12.2. The van der Waals surface area contributed by atoms with Gasteiger partial charge in [-0.15, -0.1) is 0 Å². The summed E-state index contributed by atoms with van der Waals surface area (Å²) < 4.78 is 13.0. The third-order valence-electron chi connectivity index (χ3n) is 5.14. The predicted molar refractivity (Wildman–Crippen MR) is 112 cm³/mol. The molecule has 0 N–H and O–H groups in total. The minimum atomic E-state index is -0.0621. The van der Waals surface area contributed by atoms with Crippen molar-refractivity contribution in [3.8, 4) is 17.1 Å². The molecule has 1 fully saturated rings. The Labute approximate surface area is 173 Å². The summed E-state index contributed by atoms with van der Waals surface area (Å²) >= 11 is 0. The molecule has 30 heavy (non-hydrogen) atoms. The summed E-state index contributed by atoms with van der Waals surface area (Å²) in [4.78, 5) is 23.7. The van der Waals surface area contributed by atoms with E-state index in [2.05, 4.69) is 15.0 Å². The number of ether oxygens (including phenoxy) is 1. The number of ketones is 1. The summed E-state index contributed by atoms with van der Waals surface area (Å²) in [5.74, 6) is 1.33. The normalized spacial score (nSPS) is 14.4. The molecule has 0 amide bonds. The first-order chi connectivity index (χ1) is 14.7. The summed E-state index contributed by atoms with van der Waals surface area (Å²) in [5.41, 5.74) is 3.15.